The molecule has 22 heavy (non-hydrogen) atoms. The summed E-state index contributed by atoms with van der Waals surface area (Å²) in [6.07, 6.45) is 4.10. The third-order valence-electron chi connectivity index (χ3n) is 3.94. The average molecular weight is 310 g/mol. The lowest BCUT2D eigenvalue weighted by Gasteiger charge is -2.20. The maximum atomic E-state index is 11.9. The topological polar surface area (TPSA) is 70.7 Å². The van der Waals surface area contributed by atoms with E-state index in [1.54, 1.807) is 17.5 Å². The van der Waals surface area contributed by atoms with Crippen LogP contribution < -0.4 is 5.32 Å². The molecular formula is C16H14N4OS. The zero-order chi connectivity index (χ0) is 15.1. The van der Waals surface area contributed by atoms with Gasteiger partial charge in [-0.25, -0.2) is 4.98 Å². The van der Waals surface area contributed by atoms with Crippen LogP contribution in [0.25, 0.3) is 10.6 Å². The average Bonchev–Trinajstić information content (AvgIpc) is 3.15. The first kappa shape index (κ1) is 13.2. The highest BCUT2D eigenvalue weighted by atomic mass is 32.1. The maximum absolute atomic E-state index is 11.9. The van der Waals surface area contributed by atoms with Crippen molar-refractivity contribution in [2.75, 3.05) is 5.32 Å². The lowest BCUT2D eigenvalue weighted by Crippen LogP contribution is -2.22. The van der Waals surface area contributed by atoms with Gasteiger partial charge in [-0.05, 0) is 12.5 Å². The molecule has 1 atom stereocenters. The van der Waals surface area contributed by atoms with E-state index in [0.717, 1.165) is 21.0 Å². The molecule has 6 heteroatoms. The maximum Gasteiger partial charge on any atom is 0.226 e. The third-order valence-corrected chi connectivity index (χ3v) is 5.08. The first-order valence-electron chi connectivity index (χ1n) is 7.07. The first-order chi connectivity index (χ1) is 10.7. The van der Waals surface area contributed by atoms with Crippen molar-refractivity contribution in [2.45, 2.75) is 19.3 Å². The van der Waals surface area contributed by atoms with Gasteiger partial charge in [0, 0.05) is 34.5 Å². The zero-order valence-corrected chi connectivity index (χ0v) is 12.8. The first-order valence-corrected chi connectivity index (χ1v) is 7.89. The van der Waals surface area contributed by atoms with Gasteiger partial charge in [-0.1, -0.05) is 24.3 Å². The Bertz CT molecular complexity index is 851. The summed E-state index contributed by atoms with van der Waals surface area (Å²) >= 11 is 1.64. The van der Waals surface area contributed by atoms with Crippen LogP contribution in [0.1, 0.15) is 28.3 Å². The van der Waals surface area contributed by atoms with Crippen molar-refractivity contribution in [2.24, 2.45) is 0 Å². The predicted molar refractivity (Wildman–Crippen MR) is 86.0 cm³/mol. The molecule has 5 nitrogen and oxygen atoms in total. The quantitative estimate of drug-likeness (QED) is 0.763. The number of hydrogen-bond acceptors (Lipinski definition) is 4. The number of aryl methyl sites for hydroxylation is 1. The van der Waals surface area contributed by atoms with Crippen molar-refractivity contribution in [3.63, 3.8) is 0 Å². The number of amides is 1. The molecule has 0 fully saturated rings. The van der Waals surface area contributed by atoms with Gasteiger partial charge in [-0.15, -0.1) is 11.3 Å². The van der Waals surface area contributed by atoms with E-state index < -0.39 is 0 Å². The van der Waals surface area contributed by atoms with Crippen LogP contribution in [-0.2, 0) is 4.79 Å². The molecule has 2 aromatic heterocycles. The number of aromatic amines is 1. The van der Waals surface area contributed by atoms with Crippen molar-refractivity contribution in [3.8, 4) is 10.6 Å². The molecule has 0 saturated carbocycles. The van der Waals surface area contributed by atoms with Gasteiger partial charge in [-0.2, -0.15) is 5.10 Å². The Labute approximate surface area is 131 Å². The fourth-order valence-corrected chi connectivity index (χ4v) is 3.91. The molecule has 1 aromatic carbocycles. The van der Waals surface area contributed by atoms with Crippen molar-refractivity contribution in [1.29, 1.82) is 0 Å². The van der Waals surface area contributed by atoms with Gasteiger partial charge in [0.2, 0.25) is 5.91 Å². The number of nitrogens with one attached hydrogen (secondary N) is 2. The highest BCUT2D eigenvalue weighted by Gasteiger charge is 2.29. The van der Waals surface area contributed by atoms with Crippen LogP contribution >= 0.6 is 11.3 Å². The van der Waals surface area contributed by atoms with Crippen molar-refractivity contribution in [1.82, 2.24) is 15.2 Å². The molecule has 1 aliphatic rings. The van der Waals surface area contributed by atoms with E-state index in [2.05, 4.69) is 39.6 Å². The standard InChI is InChI=1S/C16H14N4OS/c1-9-4-2-3-5-10(9)16-17-8-13(22-16)11-6-14(21)19-15-12(11)7-18-20-15/h2-5,7-8,11H,6H2,1H3,(H2,18,19,20,21)/t11-/m0/s1. The van der Waals surface area contributed by atoms with E-state index in [0.29, 0.717) is 12.2 Å². The molecule has 3 heterocycles. The zero-order valence-electron chi connectivity index (χ0n) is 12.0. The minimum absolute atomic E-state index is 0.00703. The summed E-state index contributed by atoms with van der Waals surface area (Å²) in [6, 6.07) is 8.20. The minimum atomic E-state index is 0.00703. The van der Waals surface area contributed by atoms with Gasteiger partial charge in [-0.3, -0.25) is 9.89 Å². The van der Waals surface area contributed by atoms with E-state index in [9.17, 15) is 4.79 Å². The number of hydrogen-bond donors (Lipinski definition) is 2. The summed E-state index contributed by atoms with van der Waals surface area (Å²) in [6.45, 7) is 2.08. The molecule has 0 radical (unpaired) electrons. The van der Waals surface area contributed by atoms with Crippen LogP contribution in [0.3, 0.4) is 0 Å². The number of benzene rings is 1. The van der Waals surface area contributed by atoms with Crippen LogP contribution in [0.2, 0.25) is 0 Å². The molecule has 110 valence electrons. The number of thiazole rings is 1. The Morgan fingerprint density at radius 3 is 3.00 bits per heavy atom. The van der Waals surface area contributed by atoms with Gasteiger partial charge >= 0.3 is 0 Å². The number of anilines is 1. The minimum Gasteiger partial charge on any atom is -0.311 e. The Hall–Kier alpha value is -2.47. The molecule has 0 aliphatic carbocycles. The van der Waals surface area contributed by atoms with Crippen LogP contribution in [0.15, 0.2) is 36.7 Å². The van der Waals surface area contributed by atoms with Gasteiger partial charge in [0.15, 0.2) is 0 Å². The highest BCUT2D eigenvalue weighted by molar-refractivity contribution is 7.15. The van der Waals surface area contributed by atoms with E-state index in [-0.39, 0.29) is 11.8 Å². The third kappa shape index (κ3) is 2.12. The molecule has 0 saturated heterocycles. The molecular weight excluding hydrogens is 296 g/mol. The number of H-pyrrole nitrogens is 1. The summed E-state index contributed by atoms with van der Waals surface area (Å²) in [7, 11) is 0. The van der Waals surface area contributed by atoms with Gasteiger partial charge in [0.05, 0.1) is 6.20 Å². The molecule has 0 bridgehead atoms. The number of carbonyl (C=O) groups excluding carboxylic acids is 1. The van der Waals surface area contributed by atoms with E-state index >= 15 is 0 Å². The second kappa shape index (κ2) is 5.06. The van der Waals surface area contributed by atoms with E-state index in [1.807, 2.05) is 18.3 Å². The summed E-state index contributed by atoms with van der Waals surface area (Å²) in [5.74, 6) is 0.734. The monoisotopic (exact) mass is 310 g/mol. The Morgan fingerprint density at radius 2 is 2.14 bits per heavy atom. The van der Waals surface area contributed by atoms with Gasteiger partial charge in [0.25, 0.3) is 0 Å². The van der Waals surface area contributed by atoms with Crippen LogP contribution in [-0.4, -0.2) is 21.1 Å². The number of aromatic nitrogens is 3. The summed E-state index contributed by atoms with van der Waals surface area (Å²) in [5.41, 5.74) is 3.37. The second-order valence-corrected chi connectivity index (χ2v) is 6.45. The van der Waals surface area contributed by atoms with E-state index in [4.69, 9.17) is 0 Å². The van der Waals surface area contributed by atoms with Crippen molar-refractivity contribution in [3.05, 3.63) is 52.7 Å². The molecule has 4 rings (SSSR count). The fourth-order valence-electron chi connectivity index (χ4n) is 2.78. The second-order valence-electron chi connectivity index (χ2n) is 5.39. The summed E-state index contributed by atoms with van der Waals surface area (Å²) < 4.78 is 0. The Kier molecular flexibility index (Phi) is 3.04. The molecule has 0 unspecified atom stereocenters. The SMILES string of the molecule is Cc1ccccc1-c1ncc([C@H]2CC(=O)Nc3[nH]ncc32)s1. The van der Waals surface area contributed by atoms with Gasteiger partial charge in [0.1, 0.15) is 10.8 Å². The van der Waals surface area contributed by atoms with Crippen molar-refractivity contribution < 1.29 is 4.79 Å². The normalized spacial score (nSPS) is 17.1. The van der Waals surface area contributed by atoms with Crippen LogP contribution in [0.5, 0.6) is 0 Å². The predicted octanol–water partition coefficient (Wildman–Crippen LogP) is 3.32. The molecule has 1 aliphatic heterocycles. The highest BCUT2D eigenvalue weighted by Crippen LogP contribution is 2.40. The number of fused-ring (bicyclic) bond motifs is 1. The molecule has 1 amide bonds. The number of carbonyl (C=O) groups is 1. The van der Waals surface area contributed by atoms with Crippen LogP contribution in [0.4, 0.5) is 5.82 Å². The van der Waals surface area contributed by atoms with Crippen molar-refractivity contribution >= 4 is 23.1 Å². The largest absolute Gasteiger partial charge is 0.311 e. The number of rotatable bonds is 2. The Balaban J connectivity index is 1.74. The smallest absolute Gasteiger partial charge is 0.226 e. The molecule has 0 spiro atoms. The lowest BCUT2D eigenvalue weighted by molar-refractivity contribution is -0.116. The lowest BCUT2D eigenvalue weighted by atomic mass is 9.93. The molecule has 3 aromatic rings. The number of nitrogens with zero attached hydrogens (tertiary/aromatic N) is 2. The summed E-state index contributed by atoms with van der Waals surface area (Å²) in [4.78, 5) is 17.5. The summed E-state index contributed by atoms with van der Waals surface area (Å²) in [5, 5.41) is 10.7. The Morgan fingerprint density at radius 1 is 1.27 bits per heavy atom. The van der Waals surface area contributed by atoms with Gasteiger partial charge < -0.3 is 5.32 Å². The molecule has 2 N–H and O–H groups in total. The fraction of sp³-hybridized carbons (Fsp3) is 0.188. The van der Waals surface area contributed by atoms with E-state index in [1.165, 1.54) is 5.56 Å². The van der Waals surface area contributed by atoms with Crippen LogP contribution in [0, 0.1) is 6.92 Å².